The Morgan fingerprint density at radius 1 is 1.00 bits per heavy atom. The van der Waals surface area contributed by atoms with Gasteiger partial charge in [-0.05, 0) is 44.5 Å². The summed E-state index contributed by atoms with van der Waals surface area (Å²) in [6, 6.07) is 13.2. The summed E-state index contributed by atoms with van der Waals surface area (Å²) >= 11 is 0. The van der Waals surface area contributed by atoms with Crippen LogP contribution in [0.1, 0.15) is 47.1 Å². The quantitative estimate of drug-likeness (QED) is 0.745. The van der Waals surface area contributed by atoms with Crippen LogP contribution in [0.5, 0.6) is 0 Å². The number of amides is 2. The van der Waals surface area contributed by atoms with Crippen LogP contribution in [0.4, 0.5) is 10.5 Å². The van der Waals surface area contributed by atoms with Crippen LogP contribution in [0.3, 0.4) is 0 Å². The van der Waals surface area contributed by atoms with Gasteiger partial charge in [-0.25, -0.2) is 9.59 Å². The first-order valence-corrected chi connectivity index (χ1v) is 8.34. The first kappa shape index (κ1) is 20.0. The Labute approximate surface area is 157 Å². The van der Waals surface area contributed by atoms with E-state index in [1.54, 1.807) is 20.8 Å². The maximum Gasteiger partial charge on any atom is 0.412 e. The molecular weight excluding hydrogens is 348 g/mol. The second kappa shape index (κ2) is 8.35. The van der Waals surface area contributed by atoms with Gasteiger partial charge in [0.15, 0.2) is 0 Å². The Balaban J connectivity index is 2.17. The van der Waals surface area contributed by atoms with E-state index in [9.17, 15) is 19.5 Å². The Bertz CT molecular complexity index is 841. The zero-order valence-corrected chi connectivity index (χ0v) is 15.4. The molecule has 2 aromatic rings. The minimum absolute atomic E-state index is 0.117. The Hall–Kier alpha value is -3.35. The molecule has 0 fully saturated rings. The fourth-order valence-corrected chi connectivity index (χ4v) is 2.26. The van der Waals surface area contributed by atoms with Gasteiger partial charge in [-0.2, -0.15) is 0 Å². The second-order valence-electron chi connectivity index (χ2n) is 6.90. The maximum atomic E-state index is 12.4. The van der Waals surface area contributed by atoms with Gasteiger partial charge in [-0.1, -0.05) is 30.3 Å². The highest BCUT2D eigenvalue weighted by Crippen LogP contribution is 2.17. The van der Waals surface area contributed by atoms with Gasteiger partial charge in [0.05, 0.1) is 5.56 Å². The van der Waals surface area contributed by atoms with Gasteiger partial charge in [0.25, 0.3) is 5.91 Å². The van der Waals surface area contributed by atoms with E-state index in [2.05, 4.69) is 10.6 Å². The predicted molar refractivity (Wildman–Crippen MR) is 101 cm³/mol. The first-order valence-electron chi connectivity index (χ1n) is 8.34. The molecule has 0 atom stereocenters. The molecule has 7 nitrogen and oxygen atoms in total. The lowest BCUT2D eigenvalue weighted by molar-refractivity contribution is 0.0632. The number of carboxylic acids is 1. The molecule has 27 heavy (non-hydrogen) atoms. The fourth-order valence-electron chi connectivity index (χ4n) is 2.26. The summed E-state index contributed by atoms with van der Waals surface area (Å²) in [7, 11) is 0. The van der Waals surface area contributed by atoms with Gasteiger partial charge >= 0.3 is 12.1 Å². The summed E-state index contributed by atoms with van der Waals surface area (Å²) in [6.45, 7) is 5.43. The normalized spacial score (nSPS) is 10.8. The molecule has 142 valence electrons. The number of carboxylic acid groups (broad SMARTS) is 1. The molecule has 0 radical (unpaired) electrons. The van der Waals surface area contributed by atoms with Crippen LogP contribution in [0.2, 0.25) is 0 Å². The van der Waals surface area contributed by atoms with Gasteiger partial charge in [-0.3, -0.25) is 10.1 Å². The zero-order chi connectivity index (χ0) is 20.0. The molecule has 2 aromatic carbocycles. The number of hydrogen-bond acceptors (Lipinski definition) is 4. The number of benzene rings is 2. The average Bonchev–Trinajstić information content (AvgIpc) is 2.58. The fraction of sp³-hybridized carbons (Fsp3) is 0.250. The molecule has 3 N–H and O–H groups in total. The van der Waals surface area contributed by atoms with Crippen LogP contribution in [-0.2, 0) is 11.3 Å². The topological polar surface area (TPSA) is 105 Å². The van der Waals surface area contributed by atoms with Crippen LogP contribution in [-0.4, -0.2) is 28.7 Å². The van der Waals surface area contributed by atoms with Crippen molar-refractivity contribution in [2.24, 2.45) is 0 Å². The first-order chi connectivity index (χ1) is 12.6. The third-order valence-electron chi connectivity index (χ3n) is 3.38. The highest BCUT2D eigenvalue weighted by molar-refractivity contribution is 6.00. The van der Waals surface area contributed by atoms with Crippen molar-refractivity contribution < 1.29 is 24.2 Å². The van der Waals surface area contributed by atoms with Crippen molar-refractivity contribution in [3.8, 4) is 0 Å². The van der Waals surface area contributed by atoms with Gasteiger partial charge in [-0.15, -0.1) is 0 Å². The van der Waals surface area contributed by atoms with Crippen LogP contribution in [0, 0.1) is 0 Å². The average molecular weight is 370 g/mol. The highest BCUT2D eigenvalue weighted by Gasteiger charge is 2.18. The molecule has 0 saturated heterocycles. The molecule has 0 aliphatic carbocycles. The number of aromatic carboxylic acids is 1. The molecule has 0 aliphatic rings. The minimum atomic E-state index is -1.21. The van der Waals surface area contributed by atoms with E-state index >= 15 is 0 Å². The van der Waals surface area contributed by atoms with Crippen molar-refractivity contribution in [1.82, 2.24) is 5.32 Å². The highest BCUT2D eigenvalue weighted by atomic mass is 16.6. The number of anilines is 1. The van der Waals surface area contributed by atoms with E-state index in [-0.39, 0.29) is 16.8 Å². The lowest BCUT2D eigenvalue weighted by atomic mass is 10.1. The van der Waals surface area contributed by atoms with Crippen molar-refractivity contribution in [2.45, 2.75) is 32.9 Å². The molecule has 0 saturated carbocycles. The summed E-state index contributed by atoms with van der Waals surface area (Å²) in [5, 5.41) is 14.5. The lowest BCUT2D eigenvalue weighted by Crippen LogP contribution is -2.27. The van der Waals surface area contributed by atoms with E-state index in [1.165, 1.54) is 18.2 Å². The van der Waals surface area contributed by atoms with Crippen LogP contribution in [0.25, 0.3) is 0 Å². The second-order valence-corrected chi connectivity index (χ2v) is 6.90. The van der Waals surface area contributed by atoms with Gasteiger partial charge in [0.1, 0.15) is 5.60 Å². The molecule has 0 unspecified atom stereocenters. The Kier molecular flexibility index (Phi) is 6.18. The van der Waals surface area contributed by atoms with Crippen molar-refractivity contribution in [1.29, 1.82) is 0 Å². The number of carbonyl (C=O) groups excluding carboxylic acids is 2. The third kappa shape index (κ3) is 6.47. The predicted octanol–water partition coefficient (Wildman–Crippen LogP) is 3.66. The molecule has 0 bridgehead atoms. The number of carbonyl (C=O) groups is 3. The van der Waals surface area contributed by atoms with Crippen LogP contribution >= 0.6 is 0 Å². The van der Waals surface area contributed by atoms with Crippen molar-refractivity contribution in [3.63, 3.8) is 0 Å². The lowest BCUT2D eigenvalue weighted by Gasteiger charge is -2.20. The van der Waals surface area contributed by atoms with E-state index in [0.29, 0.717) is 6.54 Å². The minimum Gasteiger partial charge on any atom is -0.478 e. The standard InChI is InChI=1S/C20H22N2O5/c1-20(2,3)27-19(26)22-16-10-14(9-15(11-16)18(24)25)17(23)21-12-13-7-5-4-6-8-13/h4-11H,12H2,1-3H3,(H,21,23)(H,22,26)(H,24,25). The number of rotatable bonds is 5. The summed E-state index contributed by atoms with van der Waals surface area (Å²) < 4.78 is 5.15. The van der Waals surface area contributed by atoms with Gasteiger partial charge in [0.2, 0.25) is 0 Å². The van der Waals surface area contributed by atoms with E-state index in [0.717, 1.165) is 5.56 Å². The maximum absolute atomic E-state index is 12.4. The molecular formula is C20H22N2O5. The summed E-state index contributed by atoms with van der Waals surface area (Å²) in [4.78, 5) is 35.7. The monoisotopic (exact) mass is 370 g/mol. The van der Waals surface area contributed by atoms with Crippen LogP contribution < -0.4 is 10.6 Å². The Morgan fingerprint density at radius 3 is 2.22 bits per heavy atom. The van der Waals surface area contributed by atoms with Gasteiger partial charge in [0, 0.05) is 17.8 Å². The Morgan fingerprint density at radius 2 is 1.63 bits per heavy atom. The zero-order valence-electron chi connectivity index (χ0n) is 15.4. The van der Waals surface area contributed by atoms with Crippen molar-refractivity contribution >= 4 is 23.7 Å². The molecule has 2 amide bonds. The smallest absolute Gasteiger partial charge is 0.412 e. The summed E-state index contributed by atoms with van der Waals surface area (Å²) in [6.07, 6.45) is -0.735. The van der Waals surface area contributed by atoms with E-state index < -0.39 is 23.6 Å². The molecule has 7 heteroatoms. The molecule has 0 spiro atoms. The third-order valence-corrected chi connectivity index (χ3v) is 3.38. The SMILES string of the molecule is CC(C)(C)OC(=O)Nc1cc(C(=O)O)cc(C(=O)NCc2ccccc2)c1. The number of nitrogens with one attached hydrogen (secondary N) is 2. The van der Waals surface area contributed by atoms with Crippen molar-refractivity contribution in [2.75, 3.05) is 5.32 Å². The summed E-state index contributed by atoms with van der Waals surface area (Å²) in [5.74, 6) is -1.66. The van der Waals surface area contributed by atoms with Crippen LogP contribution in [0.15, 0.2) is 48.5 Å². The molecule has 0 heterocycles. The number of hydrogen-bond donors (Lipinski definition) is 3. The largest absolute Gasteiger partial charge is 0.478 e. The van der Waals surface area contributed by atoms with Crippen molar-refractivity contribution in [3.05, 3.63) is 65.2 Å². The molecule has 0 aromatic heterocycles. The molecule has 2 rings (SSSR count). The summed E-state index contributed by atoms with van der Waals surface area (Å²) in [5.41, 5.74) is 0.372. The van der Waals surface area contributed by atoms with E-state index in [1.807, 2.05) is 30.3 Å². The molecule has 0 aliphatic heterocycles. The van der Waals surface area contributed by atoms with E-state index in [4.69, 9.17) is 4.74 Å². The van der Waals surface area contributed by atoms with Gasteiger partial charge < -0.3 is 15.2 Å². The number of ether oxygens (including phenoxy) is 1.